The van der Waals surface area contributed by atoms with E-state index in [1.165, 1.54) is 86.9 Å². The number of anilines is 3. The summed E-state index contributed by atoms with van der Waals surface area (Å²) in [6.07, 6.45) is 0. The molecule has 59 heavy (non-hydrogen) atoms. The van der Waals surface area contributed by atoms with Crippen LogP contribution in [-0.4, -0.2) is 0 Å². The molecular weight excluding hydrogens is 731 g/mol. The van der Waals surface area contributed by atoms with Gasteiger partial charge in [0, 0.05) is 48.0 Å². The first kappa shape index (κ1) is 35.2. The van der Waals surface area contributed by atoms with Crippen molar-refractivity contribution >= 4 is 48.6 Å². The molecule has 280 valence electrons. The number of hydrogen-bond acceptors (Lipinski definition) is 2. The minimum atomic E-state index is -0.107. The van der Waals surface area contributed by atoms with Crippen LogP contribution in [0.5, 0.6) is 0 Å². The molecule has 0 unspecified atom stereocenters. The SMILES string of the molecule is CC1(C)c2ccccc2-c2c(-c3ccccc3N(c3ccc(-c4ccccc4)c(-c4ccccc4)c3)c3ccccc3-c3cccc4c3sc3ccccc34)cccc21. The minimum Gasteiger partial charge on any atom is -0.309 e. The Morgan fingerprint density at radius 2 is 0.898 bits per heavy atom. The topological polar surface area (TPSA) is 3.24 Å². The molecule has 1 aromatic heterocycles. The Balaban J connectivity index is 1.20. The molecule has 1 heterocycles. The normalized spacial score (nSPS) is 12.7. The summed E-state index contributed by atoms with van der Waals surface area (Å²) in [5, 5.41) is 2.60. The van der Waals surface area contributed by atoms with Gasteiger partial charge in [0.15, 0.2) is 0 Å². The van der Waals surface area contributed by atoms with Crippen LogP contribution in [0.4, 0.5) is 17.1 Å². The summed E-state index contributed by atoms with van der Waals surface area (Å²) in [4.78, 5) is 2.52. The molecule has 0 bridgehead atoms. The Morgan fingerprint density at radius 1 is 0.373 bits per heavy atom. The summed E-state index contributed by atoms with van der Waals surface area (Å²) in [5.41, 5.74) is 18.3. The number of thiophene rings is 1. The molecule has 0 fully saturated rings. The lowest BCUT2D eigenvalue weighted by molar-refractivity contribution is 0.660. The molecule has 0 aliphatic heterocycles. The first-order valence-corrected chi connectivity index (χ1v) is 21.3. The first-order valence-electron chi connectivity index (χ1n) is 20.4. The second-order valence-corrected chi connectivity index (χ2v) is 17.1. The van der Waals surface area contributed by atoms with Gasteiger partial charge < -0.3 is 4.90 Å². The van der Waals surface area contributed by atoms with Crippen LogP contribution < -0.4 is 4.90 Å². The van der Waals surface area contributed by atoms with Crippen molar-refractivity contribution in [2.24, 2.45) is 0 Å². The van der Waals surface area contributed by atoms with Crippen molar-refractivity contribution in [1.82, 2.24) is 0 Å². The van der Waals surface area contributed by atoms with Crippen LogP contribution in [0, 0.1) is 0 Å². The van der Waals surface area contributed by atoms with E-state index in [2.05, 4.69) is 231 Å². The maximum atomic E-state index is 2.52. The van der Waals surface area contributed by atoms with Gasteiger partial charge in [-0.25, -0.2) is 0 Å². The molecule has 1 aliphatic carbocycles. The molecule has 2 heteroatoms. The quantitative estimate of drug-likeness (QED) is 0.156. The Bertz CT molecular complexity index is 3190. The highest BCUT2D eigenvalue weighted by Crippen LogP contribution is 2.55. The van der Waals surface area contributed by atoms with Crippen LogP contribution in [0.1, 0.15) is 25.0 Å². The largest absolute Gasteiger partial charge is 0.309 e. The molecule has 0 saturated heterocycles. The molecule has 0 atom stereocenters. The average Bonchev–Trinajstić information content (AvgIpc) is 3.80. The average molecular weight is 772 g/mol. The second-order valence-electron chi connectivity index (χ2n) is 16.0. The zero-order chi connectivity index (χ0) is 39.5. The number of hydrogen-bond donors (Lipinski definition) is 0. The van der Waals surface area contributed by atoms with Gasteiger partial charge in [0.1, 0.15) is 0 Å². The summed E-state index contributed by atoms with van der Waals surface area (Å²) < 4.78 is 2.61. The van der Waals surface area contributed by atoms with Gasteiger partial charge in [-0.3, -0.25) is 0 Å². The highest BCUT2D eigenvalue weighted by atomic mass is 32.1. The summed E-state index contributed by atoms with van der Waals surface area (Å²) >= 11 is 1.88. The van der Waals surface area contributed by atoms with Crippen molar-refractivity contribution in [3.63, 3.8) is 0 Å². The van der Waals surface area contributed by atoms with Gasteiger partial charge in [-0.05, 0) is 80.4 Å². The van der Waals surface area contributed by atoms with Crippen molar-refractivity contribution in [1.29, 1.82) is 0 Å². The number of benzene rings is 9. The van der Waals surface area contributed by atoms with E-state index < -0.39 is 0 Å². The Hall–Kier alpha value is -7.00. The van der Waals surface area contributed by atoms with E-state index in [9.17, 15) is 0 Å². The molecule has 9 aromatic carbocycles. The maximum absolute atomic E-state index is 2.52. The van der Waals surface area contributed by atoms with Gasteiger partial charge in [-0.2, -0.15) is 0 Å². The van der Waals surface area contributed by atoms with E-state index in [4.69, 9.17) is 0 Å². The maximum Gasteiger partial charge on any atom is 0.0540 e. The van der Waals surface area contributed by atoms with Crippen molar-refractivity contribution in [2.45, 2.75) is 19.3 Å². The van der Waals surface area contributed by atoms with E-state index in [1.54, 1.807) is 0 Å². The highest BCUT2D eigenvalue weighted by molar-refractivity contribution is 7.26. The van der Waals surface area contributed by atoms with Crippen LogP contribution in [0.15, 0.2) is 212 Å². The molecule has 10 aromatic rings. The number of nitrogens with zero attached hydrogens (tertiary/aromatic N) is 1. The van der Waals surface area contributed by atoms with E-state index in [-0.39, 0.29) is 5.41 Å². The van der Waals surface area contributed by atoms with Crippen LogP contribution in [0.2, 0.25) is 0 Å². The Morgan fingerprint density at radius 3 is 1.64 bits per heavy atom. The fourth-order valence-electron chi connectivity index (χ4n) is 9.54. The fourth-order valence-corrected chi connectivity index (χ4v) is 10.8. The van der Waals surface area contributed by atoms with Gasteiger partial charge in [-0.15, -0.1) is 11.3 Å². The predicted molar refractivity (Wildman–Crippen MR) is 253 cm³/mol. The van der Waals surface area contributed by atoms with Crippen LogP contribution >= 0.6 is 11.3 Å². The van der Waals surface area contributed by atoms with Crippen LogP contribution in [0.3, 0.4) is 0 Å². The molecule has 0 spiro atoms. The van der Waals surface area contributed by atoms with Gasteiger partial charge in [0.2, 0.25) is 0 Å². The third-order valence-electron chi connectivity index (χ3n) is 12.3. The molecule has 11 rings (SSSR count). The zero-order valence-corrected chi connectivity index (χ0v) is 33.9. The summed E-state index contributed by atoms with van der Waals surface area (Å²) in [5.74, 6) is 0. The molecule has 0 N–H and O–H groups in total. The molecule has 0 radical (unpaired) electrons. The number of fused-ring (bicyclic) bond motifs is 6. The number of para-hydroxylation sites is 2. The van der Waals surface area contributed by atoms with Crippen LogP contribution in [0.25, 0.3) is 75.8 Å². The molecule has 1 aliphatic rings. The molecule has 0 saturated carbocycles. The van der Waals surface area contributed by atoms with Crippen LogP contribution in [-0.2, 0) is 5.41 Å². The van der Waals surface area contributed by atoms with Crippen molar-refractivity contribution < 1.29 is 0 Å². The Kier molecular flexibility index (Phi) is 8.43. The van der Waals surface area contributed by atoms with Gasteiger partial charge in [-0.1, -0.05) is 196 Å². The molecule has 0 amide bonds. The second kappa shape index (κ2) is 14.1. The van der Waals surface area contributed by atoms with E-state index >= 15 is 0 Å². The predicted octanol–water partition coefficient (Wildman–Crippen LogP) is 16.5. The van der Waals surface area contributed by atoms with Crippen molar-refractivity contribution in [3.8, 4) is 55.6 Å². The third-order valence-corrected chi connectivity index (χ3v) is 13.5. The molecule has 1 nitrogen and oxygen atoms in total. The first-order chi connectivity index (χ1) is 29.1. The summed E-state index contributed by atoms with van der Waals surface area (Å²) in [7, 11) is 0. The van der Waals surface area contributed by atoms with Crippen molar-refractivity contribution in [2.75, 3.05) is 4.90 Å². The highest BCUT2D eigenvalue weighted by Gasteiger charge is 2.37. The standard InChI is InChI=1S/C57H41NS/c1-57(2)50-30-13-9-26-48(50)55-45(27-18-31-51(55)57)42-23-10-14-32-52(42)58(40-35-36-41(38-19-5-3-6-20-38)49(37-40)39-21-7-4-8-22-39)53-33-15-11-24-43(53)46-28-17-29-47-44-25-12-16-34-54(44)59-56(46)47/h3-37H,1-2H3. The summed E-state index contributed by atoms with van der Waals surface area (Å²) in [6.45, 7) is 4.73. The van der Waals surface area contributed by atoms with Gasteiger partial charge in [0.05, 0.1) is 11.4 Å². The van der Waals surface area contributed by atoms with E-state index in [1.807, 2.05) is 11.3 Å². The number of rotatable bonds is 7. The van der Waals surface area contributed by atoms with E-state index in [0.29, 0.717) is 0 Å². The smallest absolute Gasteiger partial charge is 0.0540 e. The lowest BCUT2D eigenvalue weighted by Crippen LogP contribution is -2.15. The lowest BCUT2D eigenvalue weighted by Gasteiger charge is -2.31. The Labute approximate surface area is 350 Å². The van der Waals surface area contributed by atoms with Gasteiger partial charge >= 0.3 is 0 Å². The lowest BCUT2D eigenvalue weighted by atomic mass is 9.82. The van der Waals surface area contributed by atoms with Crippen molar-refractivity contribution in [3.05, 3.63) is 223 Å². The van der Waals surface area contributed by atoms with Gasteiger partial charge in [0.25, 0.3) is 0 Å². The fraction of sp³-hybridized carbons (Fsp3) is 0.0526. The summed E-state index contributed by atoms with van der Waals surface area (Å²) in [6, 6.07) is 78.1. The monoisotopic (exact) mass is 771 g/mol. The van der Waals surface area contributed by atoms with E-state index in [0.717, 1.165) is 17.1 Å². The molecular formula is C57H41NS. The minimum absolute atomic E-state index is 0.107. The third kappa shape index (κ3) is 5.74. The zero-order valence-electron chi connectivity index (χ0n) is 33.1.